The third kappa shape index (κ3) is 4.07. The number of nitrogens with zero attached hydrogens (tertiary/aromatic N) is 1. The average molecular weight is 407 g/mol. The molecule has 4 rings (SSSR count). The SMILES string of the molecule is COc1ccc(C2(CNC(=O)Cc3n[nH]c(=O)c4ccccc34)CCOCC2)cc1. The molecule has 1 fully saturated rings. The summed E-state index contributed by atoms with van der Waals surface area (Å²) in [5, 5.41) is 10.9. The molecule has 1 aliphatic rings. The highest BCUT2D eigenvalue weighted by Crippen LogP contribution is 2.35. The molecule has 1 amide bonds. The van der Waals surface area contributed by atoms with Gasteiger partial charge < -0.3 is 14.8 Å². The minimum absolute atomic E-state index is 0.104. The predicted molar refractivity (Wildman–Crippen MR) is 114 cm³/mol. The fraction of sp³-hybridized carbons (Fsp3) is 0.348. The molecule has 2 N–H and O–H groups in total. The number of nitrogens with one attached hydrogen (secondary N) is 2. The van der Waals surface area contributed by atoms with Gasteiger partial charge in [-0.3, -0.25) is 9.59 Å². The number of benzene rings is 2. The highest BCUT2D eigenvalue weighted by molar-refractivity contribution is 5.88. The van der Waals surface area contributed by atoms with Crippen molar-refractivity contribution in [3.8, 4) is 5.75 Å². The van der Waals surface area contributed by atoms with E-state index in [2.05, 4.69) is 27.6 Å². The molecule has 0 aliphatic carbocycles. The first kappa shape index (κ1) is 20.1. The van der Waals surface area contributed by atoms with E-state index in [0.29, 0.717) is 36.2 Å². The van der Waals surface area contributed by atoms with Gasteiger partial charge in [0.25, 0.3) is 5.56 Å². The Bertz CT molecular complexity index is 1090. The number of rotatable bonds is 6. The number of aromatic amines is 1. The van der Waals surface area contributed by atoms with Crippen LogP contribution in [0.15, 0.2) is 53.3 Å². The number of hydrogen-bond acceptors (Lipinski definition) is 5. The van der Waals surface area contributed by atoms with Gasteiger partial charge in [-0.25, -0.2) is 5.10 Å². The highest BCUT2D eigenvalue weighted by Gasteiger charge is 2.35. The van der Waals surface area contributed by atoms with Gasteiger partial charge in [0, 0.05) is 30.6 Å². The van der Waals surface area contributed by atoms with Crippen LogP contribution in [0.4, 0.5) is 0 Å². The van der Waals surface area contributed by atoms with Crippen LogP contribution in [0.5, 0.6) is 5.75 Å². The number of aromatic nitrogens is 2. The van der Waals surface area contributed by atoms with E-state index in [4.69, 9.17) is 9.47 Å². The topological polar surface area (TPSA) is 93.3 Å². The van der Waals surface area contributed by atoms with Gasteiger partial charge in [0.1, 0.15) is 5.75 Å². The fourth-order valence-corrected chi connectivity index (χ4v) is 4.06. The van der Waals surface area contributed by atoms with Crippen molar-refractivity contribution in [2.45, 2.75) is 24.7 Å². The van der Waals surface area contributed by atoms with Gasteiger partial charge >= 0.3 is 0 Å². The average Bonchev–Trinajstić information content (AvgIpc) is 2.80. The third-order valence-electron chi connectivity index (χ3n) is 5.88. The van der Waals surface area contributed by atoms with Crippen molar-refractivity contribution in [1.29, 1.82) is 0 Å². The van der Waals surface area contributed by atoms with E-state index in [-0.39, 0.29) is 23.3 Å². The van der Waals surface area contributed by atoms with E-state index < -0.39 is 0 Å². The van der Waals surface area contributed by atoms with E-state index in [1.807, 2.05) is 24.3 Å². The molecule has 0 spiro atoms. The molecule has 0 radical (unpaired) electrons. The number of ether oxygens (including phenoxy) is 2. The Labute approximate surface area is 174 Å². The maximum absolute atomic E-state index is 12.8. The second-order valence-corrected chi connectivity index (χ2v) is 7.62. The van der Waals surface area contributed by atoms with Crippen molar-refractivity contribution in [1.82, 2.24) is 15.5 Å². The Balaban J connectivity index is 1.51. The van der Waals surface area contributed by atoms with E-state index in [9.17, 15) is 9.59 Å². The molecular formula is C23H25N3O4. The Hall–Kier alpha value is -3.19. The first-order chi connectivity index (χ1) is 14.6. The lowest BCUT2D eigenvalue weighted by Gasteiger charge is -2.38. The van der Waals surface area contributed by atoms with Gasteiger partial charge in [0.15, 0.2) is 0 Å². The first-order valence-electron chi connectivity index (χ1n) is 10.1. The van der Waals surface area contributed by atoms with Crippen LogP contribution in [-0.2, 0) is 21.4 Å². The van der Waals surface area contributed by atoms with Crippen molar-refractivity contribution < 1.29 is 14.3 Å². The number of methoxy groups -OCH3 is 1. The monoisotopic (exact) mass is 407 g/mol. The molecule has 0 saturated carbocycles. The number of amides is 1. The van der Waals surface area contributed by atoms with E-state index in [1.165, 1.54) is 5.56 Å². The van der Waals surface area contributed by atoms with Crippen LogP contribution in [0, 0.1) is 0 Å². The zero-order valence-electron chi connectivity index (χ0n) is 16.9. The minimum atomic E-state index is -0.254. The highest BCUT2D eigenvalue weighted by atomic mass is 16.5. The van der Waals surface area contributed by atoms with Gasteiger partial charge in [-0.15, -0.1) is 0 Å². The standard InChI is InChI=1S/C23H25N3O4/c1-29-17-8-6-16(7-9-17)23(10-12-30-13-11-23)15-24-21(27)14-20-18-4-2-3-5-19(18)22(28)26-25-20/h2-9H,10-15H2,1H3,(H,24,27)(H,26,28). The maximum atomic E-state index is 12.8. The Morgan fingerprint density at radius 2 is 1.83 bits per heavy atom. The predicted octanol–water partition coefficient (Wildman–Crippen LogP) is 2.34. The molecular weight excluding hydrogens is 382 g/mol. The molecule has 2 heterocycles. The third-order valence-corrected chi connectivity index (χ3v) is 5.88. The van der Waals surface area contributed by atoms with Crippen LogP contribution in [0.25, 0.3) is 10.8 Å². The molecule has 0 atom stereocenters. The summed E-state index contributed by atoms with van der Waals surface area (Å²) in [6, 6.07) is 15.2. The summed E-state index contributed by atoms with van der Waals surface area (Å²) in [6.45, 7) is 1.84. The van der Waals surface area contributed by atoms with Crippen LogP contribution in [0.2, 0.25) is 0 Å². The maximum Gasteiger partial charge on any atom is 0.272 e. The van der Waals surface area contributed by atoms with Crippen LogP contribution < -0.4 is 15.6 Å². The molecule has 1 saturated heterocycles. The van der Waals surface area contributed by atoms with Crippen molar-refractivity contribution in [3.63, 3.8) is 0 Å². The zero-order valence-corrected chi connectivity index (χ0v) is 16.9. The number of hydrogen-bond donors (Lipinski definition) is 2. The van der Waals surface area contributed by atoms with Gasteiger partial charge in [-0.05, 0) is 36.6 Å². The summed E-state index contributed by atoms with van der Waals surface area (Å²) >= 11 is 0. The van der Waals surface area contributed by atoms with Crippen LogP contribution >= 0.6 is 0 Å². The Kier molecular flexibility index (Phi) is 5.81. The summed E-state index contributed by atoms with van der Waals surface area (Å²) in [6.07, 6.45) is 1.77. The molecule has 0 bridgehead atoms. The lowest BCUT2D eigenvalue weighted by Crippen LogP contribution is -2.45. The van der Waals surface area contributed by atoms with Crippen molar-refractivity contribution in [3.05, 3.63) is 70.1 Å². The Morgan fingerprint density at radius 3 is 2.53 bits per heavy atom. The van der Waals surface area contributed by atoms with Gasteiger partial charge in [0.2, 0.25) is 5.91 Å². The normalized spacial score (nSPS) is 15.6. The smallest absolute Gasteiger partial charge is 0.272 e. The largest absolute Gasteiger partial charge is 0.497 e. The molecule has 30 heavy (non-hydrogen) atoms. The molecule has 3 aromatic rings. The second-order valence-electron chi connectivity index (χ2n) is 7.62. The van der Waals surface area contributed by atoms with Crippen LogP contribution in [0.3, 0.4) is 0 Å². The minimum Gasteiger partial charge on any atom is -0.497 e. The molecule has 2 aromatic carbocycles. The lowest BCUT2D eigenvalue weighted by atomic mass is 9.74. The van der Waals surface area contributed by atoms with Gasteiger partial charge in [0.05, 0.1) is 24.6 Å². The zero-order chi connectivity index (χ0) is 21.0. The molecule has 7 nitrogen and oxygen atoms in total. The summed E-state index contributed by atoms with van der Waals surface area (Å²) in [4.78, 5) is 24.7. The summed E-state index contributed by atoms with van der Waals surface area (Å²) in [5.74, 6) is 0.681. The molecule has 1 aromatic heterocycles. The number of H-pyrrole nitrogens is 1. The first-order valence-corrected chi connectivity index (χ1v) is 10.1. The van der Waals surface area contributed by atoms with Crippen LogP contribution in [0.1, 0.15) is 24.1 Å². The summed E-state index contributed by atoms with van der Waals surface area (Å²) < 4.78 is 10.8. The van der Waals surface area contributed by atoms with Gasteiger partial charge in [-0.2, -0.15) is 5.10 Å². The Morgan fingerprint density at radius 1 is 1.13 bits per heavy atom. The fourth-order valence-electron chi connectivity index (χ4n) is 4.06. The van der Waals surface area contributed by atoms with Crippen molar-refractivity contribution in [2.24, 2.45) is 0 Å². The van der Waals surface area contributed by atoms with Crippen LogP contribution in [-0.4, -0.2) is 43.0 Å². The summed E-state index contributed by atoms with van der Waals surface area (Å²) in [5.41, 5.74) is 1.30. The van der Waals surface area contributed by atoms with Crippen molar-refractivity contribution >= 4 is 16.7 Å². The lowest BCUT2D eigenvalue weighted by molar-refractivity contribution is -0.121. The van der Waals surface area contributed by atoms with Gasteiger partial charge in [-0.1, -0.05) is 30.3 Å². The quantitative estimate of drug-likeness (QED) is 0.654. The molecule has 1 aliphatic heterocycles. The molecule has 156 valence electrons. The number of carbonyl (C=O) groups is 1. The number of carbonyl (C=O) groups excluding carboxylic acids is 1. The molecule has 0 unspecified atom stereocenters. The van der Waals surface area contributed by atoms with Crippen molar-refractivity contribution in [2.75, 3.05) is 26.9 Å². The van der Waals surface area contributed by atoms with E-state index >= 15 is 0 Å². The second kappa shape index (κ2) is 8.67. The molecule has 7 heteroatoms. The van der Waals surface area contributed by atoms with E-state index in [0.717, 1.165) is 18.6 Å². The van der Waals surface area contributed by atoms with E-state index in [1.54, 1.807) is 19.2 Å². The summed E-state index contributed by atoms with van der Waals surface area (Å²) in [7, 11) is 1.65. The number of fused-ring (bicyclic) bond motifs is 1.